The molecule has 0 unspecified atom stereocenters. The van der Waals surface area contributed by atoms with Crippen LogP contribution >= 0.6 is 0 Å². The van der Waals surface area contributed by atoms with E-state index in [9.17, 15) is 9.59 Å². The van der Waals surface area contributed by atoms with Gasteiger partial charge in [-0.2, -0.15) is 0 Å². The fraction of sp³-hybridized carbons (Fsp3) is 0.429. The van der Waals surface area contributed by atoms with Crippen LogP contribution in [0.2, 0.25) is 0 Å². The summed E-state index contributed by atoms with van der Waals surface area (Å²) in [6.45, 7) is 0.473. The summed E-state index contributed by atoms with van der Waals surface area (Å²) in [4.78, 5) is 22.6. The molecule has 0 heterocycles. The van der Waals surface area contributed by atoms with Crippen molar-refractivity contribution in [2.45, 2.75) is 31.2 Å². The largest absolute Gasteiger partial charge is 0.478 e. The number of hydrogen-bond donors (Lipinski definition) is 3. The lowest BCUT2D eigenvalue weighted by Crippen LogP contribution is -2.58. The summed E-state index contributed by atoms with van der Waals surface area (Å²) in [5.41, 5.74) is 6.37. The van der Waals surface area contributed by atoms with Crippen LogP contribution in [-0.2, 0) is 11.2 Å². The zero-order valence-electron chi connectivity index (χ0n) is 10.7. The molecule has 1 amide bonds. The van der Waals surface area contributed by atoms with Gasteiger partial charge in [-0.05, 0) is 43.4 Å². The van der Waals surface area contributed by atoms with Crippen LogP contribution in [-0.4, -0.2) is 29.1 Å². The fourth-order valence-corrected chi connectivity index (χ4v) is 2.14. The lowest BCUT2D eigenvalue weighted by molar-refractivity contribution is -0.129. The molecular weight excluding hydrogens is 244 g/mol. The highest BCUT2D eigenvalue weighted by atomic mass is 16.4. The quantitative estimate of drug-likeness (QED) is 0.736. The summed E-state index contributed by atoms with van der Waals surface area (Å²) < 4.78 is 0. The van der Waals surface area contributed by atoms with E-state index in [0.717, 1.165) is 24.8 Å². The number of carboxylic acids is 1. The second kappa shape index (κ2) is 5.40. The van der Waals surface area contributed by atoms with E-state index in [1.54, 1.807) is 18.2 Å². The Labute approximate surface area is 111 Å². The normalized spacial score (nSPS) is 16.5. The van der Waals surface area contributed by atoms with Gasteiger partial charge in [0.05, 0.1) is 11.1 Å². The van der Waals surface area contributed by atoms with Gasteiger partial charge in [0, 0.05) is 6.54 Å². The van der Waals surface area contributed by atoms with Gasteiger partial charge in [0.15, 0.2) is 0 Å². The Morgan fingerprint density at radius 1 is 1.37 bits per heavy atom. The van der Waals surface area contributed by atoms with Crippen molar-refractivity contribution in [2.75, 3.05) is 6.54 Å². The number of benzene rings is 1. The van der Waals surface area contributed by atoms with Crippen LogP contribution in [0.1, 0.15) is 35.2 Å². The molecule has 1 aromatic rings. The number of hydrogen-bond acceptors (Lipinski definition) is 3. The molecule has 1 saturated carbocycles. The maximum Gasteiger partial charge on any atom is 0.335 e. The first-order valence-electron chi connectivity index (χ1n) is 6.41. The summed E-state index contributed by atoms with van der Waals surface area (Å²) in [5, 5.41) is 11.7. The van der Waals surface area contributed by atoms with Crippen molar-refractivity contribution in [2.24, 2.45) is 5.73 Å². The molecule has 4 N–H and O–H groups in total. The molecule has 1 fully saturated rings. The summed E-state index contributed by atoms with van der Waals surface area (Å²) in [5.74, 6) is -1.05. The fourth-order valence-electron chi connectivity index (χ4n) is 2.14. The Morgan fingerprint density at radius 3 is 2.68 bits per heavy atom. The number of carbonyl (C=O) groups excluding carboxylic acids is 1. The first kappa shape index (κ1) is 13.5. The van der Waals surface area contributed by atoms with Crippen LogP contribution in [0, 0.1) is 0 Å². The molecule has 5 nitrogen and oxygen atoms in total. The number of aromatic carboxylic acids is 1. The van der Waals surface area contributed by atoms with Crippen molar-refractivity contribution in [3.8, 4) is 0 Å². The highest BCUT2D eigenvalue weighted by molar-refractivity contribution is 5.88. The van der Waals surface area contributed by atoms with Gasteiger partial charge in [-0.15, -0.1) is 0 Å². The average Bonchev–Trinajstić information content (AvgIpc) is 2.36. The molecule has 2 rings (SSSR count). The van der Waals surface area contributed by atoms with E-state index in [0.29, 0.717) is 13.0 Å². The van der Waals surface area contributed by atoms with Crippen LogP contribution < -0.4 is 11.1 Å². The Hall–Kier alpha value is -1.88. The Kier molecular flexibility index (Phi) is 3.85. The SMILES string of the molecule is NC1(C(=O)NCCc2cccc(C(=O)O)c2)CCC1. The van der Waals surface area contributed by atoms with Crippen LogP contribution in [0.25, 0.3) is 0 Å². The molecule has 0 atom stereocenters. The minimum atomic E-state index is -0.943. The standard InChI is InChI=1S/C14H18N2O3/c15-14(6-2-7-14)13(19)16-8-5-10-3-1-4-11(9-10)12(17)18/h1,3-4,9H,2,5-8,15H2,(H,16,19)(H,17,18). The number of nitrogens with one attached hydrogen (secondary N) is 1. The van der Waals surface area contributed by atoms with Gasteiger partial charge in [-0.25, -0.2) is 4.79 Å². The van der Waals surface area contributed by atoms with Crippen LogP contribution in [0.15, 0.2) is 24.3 Å². The number of rotatable bonds is 5. The van der Waals surface area contributed by atoms with E-state index in [-0.39, 0.29) is 11.5 Å². The van der Waals surface area contributed by atoms with Gasteiger partial charge >= 0.3 is 5.97 Å². The average molecular weight is 262 g/mol. The monoisotopic (exact) mass is 262 g/mol. The molecule has 0 radical (unpaired) electrons. The van der Waals surface area contributed by atoms with Crippen molar-refractivity contribution >= 4 is 11.9 Å². The maximum absolute atomic E-state index is 11.8. The smallest absolute Gasteiger partial charge is 0.335 e. The molecule has 102 valence electrons. The Morgan fingerprint density at radius 2 is 2.11 bits per heavy atom. The summed E-state index contributed by atoms with van der Waals surface area (Å²) >= 11 is 0. The molecule has 1 aliphatic carbocycles. The van der Waals surface area contributed by atoms with Crippen LogP contribution in [0.3, 0.4) is 0 Å². The third-order valence-electron chi connectivity index (χ3n) is 3.57. The zero-order chi connectivity index (χ0) is 13.9. The van der Waals surface area contributed by atoms with Gasteiger partial charge in [-0.3, -0.25) is 4.79 Å². The molecule has 0 aromatic heterocycles. The van der Waals surface area contributed by atoms with Crippen molar-refractivity contribution in [3.05, 3.63) is 35.4 Å². The molecule has 0 spiro atoms. The molecule has 19 heavy (non-hydrogen) atoms. The van der Waals surface area contributed by atoms with E-state index >= 15 is 0 Å². The lowest BCUT2D eigenvalue weighted by atomic mass is 9.77. The second-order valence-corrected chi connectivity index (χ2v) is 5.02. The van der Waals surface area contributed by atoms with E-state index in [1.807, 2.05) is 6.07 Å². The van der Waals surface area contributed by atoms with Crippen LogP contribution in [0.4, 0.5) is 0 Å². The lowest BCUT2D eigenvalue weighted by Gasteiger charge is -2.36. The van der Waals surface area contributed by atoms with Crippen LogP contribution in [0.5, 0.6) is 0 Å². The topological polar surface area (TPSA) is 92.4 Å². The maximum atomic E-state index is 11.8. The molecular formula is C14H18N2O3. The Balaban J connectivity index is 1.84. The molecule has 0 saturated heterocycles. The summed E-state index contributed by atoms with van der Waals surface area (Å²) in [6.07, 6.45) is 3.09. The third-order valence-corrected chi connectivity index (χ3v) is 3.57. The van der Waals surface area contributed by atoms with Gasteiger partial charge in [-0.1, -0.05) is 12.1 Å². The van der Waals surface area contributed by atoms with Crippen molar-refractivity contribution in [3.63, 3.8) is 0 Å². The first-order chi connectivity index (χ1) is 9.01. The highest BCUT2D eigenvalue weighted by Crippen LogP contribution is 2.28. The van der Waals surface area contributed by atoms with Crippen molar-refractivity contribution in [1.82, 2.24) is 5.32 Å². The minimum Gasteiger partial charge on any atom is -0.478 e. The summed E-state index contributed by atoms with van der Waals surface area (Å²) in [7, 11) is 0. The Bertz CT molecular complexity index is 495. The third kappa shape index (κ3) is 3.12. The zero-order valence-corrected chi connectivity index (χ0v) is 10.7. The highest BCUT2D eigenvalue weighted by Gasteiger charge is 2.39. The predicted molar refractivity (Wildman–Crippen MR) is 70.9 cm³/mol. The molecule has 5 heteroatoms. The predicted octanol–water partition coefficient (Wildman–Crippen LogP) is 0.925. The van der Waals surface area contributed by atoms with E-state index in [2.05, 4.69) is 5.32 Å². The van der Waals surface area contributed by atoms with E-state index in [1.165, 1.54) is 0 Å². The number of carbonyl (C=O) groups is 2. The van der Waals surface area contributed by atoms with Gasteiger partial charge in [0.2, 0.25) is 5.91 Å². The van der Waals surface area contributed by atoms with Gasteiger partial charge in [0.1, 0.15) is 0 Å². The number of nitrogens with two attached hydrogens (primary N) is 1. The second-order valence-electron chi connectivity index (χ2n) is 5.02. The van der Waals surface area contributed by atoms with E-state index in [4.69, 9.17) is 10.8 Å². The van der Waals surface area contributed by atoms with Gasteiger partial charge in [0.25, 0.3) is 0 Å². The van der Waals surface area contributed by atoms with Crippen molar-refractivity contribution in [1.29, 1.82) is 0 Å². The van der Waals surface area contributed by atoms with E-state index < -0.39 is 11.5 Å². The van der Waals surface area contributed by atoms with Crippen molar-refractivity contribution < 1.29 is 14.7 Å². The van der Waals surface area contributed by atoms with Gasteiger partial charge < -0.3 is 16.2 Å². The summed E-state index contributed by atoms with van der Waals surface area (Å²) in [6, 6.07) is 6.72. The molecule has 0 bridgehead atoms. The number of amides is 1. The minimum absolute atomic E-state index is 0.104. The molecule has 1 aliphatic rings. The first-order valence-corrected chi connectivity index (χ1v) is 6.41. The number of carboxylic acid groups (broad SMARTS) is 1. The molecule has 1 aromatic carbocycles. The molecule has 0 aliphatic heterocycles.